The molecule has 0 aliphatic heterocycles. The van der Waals surface area contributed by atoms with Gasteiger partial charge in [0.25, 0.3) is 5.91 Å². The molecule has 24 heavy (non-hydrogen) atoms. The third-order valence-electron chi connectivity index (χ3n) is 3.94. The van der Waals surface area contributed by atoms with Crippen LogP contribution in [0.25, 0.3) is 10.2 Å². The van der Waals surface area contributed by atoms with Crippen LogP contribution < -0.4 is 10.1 Å². The Balaban J connectivity index is 1.56. The SMILES string of the molecule is CCOc1ccc2nc(NC(=O)c3cc4c(nn3)CCC4)sc2c1. The third-order valence-corrected chi connectivity index (χ3v) is 4.88. The first-order chi connectivity index (χ1) is 11.7. The number of carbonyl (C=O) groups excluding carboxylic acids is 1. The lowest BCUT2D eigenvalue weighted by molar-refractivity contribution is 0.102. The number of aromatic nitrogens is 3. The number of amides is 1. The second kappa shape index (κ2) is 6.16. The van der Waals surface area contributed by atoms with Crippen LogP contribution in [0.3, 0.4) is 0 Å². The van der Waals surface area contributed by atoms with Gasteiger partial charge in [0.2, 0.25) is 0 Å². The topological polar surface area (TPSA) is 77.0 Å². The molecule has 0 bridgehead atoms. The maximum atomic E-state index is 12.4. The summed E-state index contributed by atoms with van der Waals surface area (Å²) in [6.07, 6.45) is 2.99. The molecule has 0 saturated carbocycles. The minimum Gasteiger partial charge on any atom is -0.494 e. The number of rotatable bonds is 4. The number of ether oxygens (including phenoxy) is 1. The van der Waals surface area contributed by atoms with E-state index in [0.717, 1.165) is 46.5 Å². The van der Waals surface area contributed by atoms with E-state index in [0.29, 0.717) is 17.4 Å². The van der Waals surface area contributed by atoms with Crippen molar-refractivity contribution in [3.05, 3.63) is 41.2 Å². The third kappa shape index (κ3) is 2.82. The van der Waals surface area contributed by atoms with Gasteiger partial charge in [-0.25, -0.2) is 4.98 Å². The molecular formula is C17H16N4O2S. The summed E-state index contributed by atoms with van der Waals surface area (Å²) in [6, 6.07) is 7.54. The van der Waals surface area contributed by atoms with E-state index >= 15 is 0 Å². The second-order valence-electron chi connectivity index (χ2n) is 5.59. The smallest absolute Gasteiger partial charge is 0.277 e. The van der Waals surface area contributed by atoms with Crippen LogP contribution in [0.15, 0.2) is 24.3 Å². The summed E-state index contributed by atoms with van der Waals surface area (Å²) < 4.78 is 6.46. The summed E-state index contributed by atoms with van der Waals surface area (Å²) in [5.74, 6) is 0.525. The molecule has 7 heteroatoms. The molecule has 0 saturated heterocycles. The number of aryl methyl sites for hydroxylation is 2. The quantitative estimate of drug-likeness (QED) is 0.789. The first-order valence-electron chi connectivity index (χ1n) is 7.93. The lowest BCUT2D eigenvalue weighted by Crippen LogP contribution is -2.15. The number of thiazole rings is 1. The maximum Gasteiger partial charge on any atom is 0.277 e. The van der Waals surface area contributed by atoms with Gasteiger partial charge < -0.3 is 4.74 Å². The zero-order chi connectivity index (χ0) is 16.5. The predicted octanol–water partition coefficient (Wildman–Crippen LogP) is 3.23. The van der Waals surface area contributed by atoms with Gasteiger partial charge in [0, 0.05) is 0 Å². The van der Waals surface area contributed by atoms with Crippen LogP contribution >= 0.6 is 11.3 Å². The maximum absolute atomic E-state index is 12.4. The van der Waals surface area contributed by atoms with E-state index in [9.17, 15) is 4.79 Å². The second-order valence-corrected chi connectivity index (χ2v) is 6.62. The standard InChI is InChI=1S/C17H16N4O2S/c1-2-23-11-6-7-13-15(9-11)24-17(18-13)19-16(22)14-8-10-4-3-5-12(10)20-21-14/h6-9H,2-5H2,1H3,(H,18,19,22). The van der Waals surface area contributed by atoms with E-state index in [4.69, 9.17) is 4.74 Å². The highest BCUT2D eigenvalue weighted by Crippen LogP contribution is 2.29. The highest BCUT2D eigenvalue weighted by atomic mass is 32.1. The summed E-state index contributed by atoms with van der Waals surface area (Å²) in [7, 11) is 0. The Labute approximate surface area is 142 Å². The average Bonchev–Trinajstić information content (AvgIpc) is 3.19. The van der Waals surface area contributed by atoms with Gasteiger partial charge in [-0.3, -0.25) is 10.1 Å². The molecule has 1 N–H and O–H groups in total. The molecule has 2 aromatic heterocycles. The monoisotopic (exact) mass is 340 g/mol. The van der Waals surface area contributed by atoms with Crippen LogP contribution in [-0.4, -0.2) is 27.7 Å². The highest BCUT2D eigenvalue weighted by Gasteiger charge is 2.18. The number of benzene rings is 1. The van der Waals surface area contributed by atoms with Gasteiger partial charge in [0.1, 0.15) is 5.75 Å². The van der Waals surface area contributed by atoms with Gasteiger partial charge in [0.15, 0.2) is 10.8 Å². The molecule has 4 rings (SSSR count). The van der Waals surface area contributed by atoms with Crippen molar-refractivity contribution in [1.82, 2.24) is 15.2 Å². The molecule has 1 aliphatic carbocycles. The van der Waals surface area contributed by atoms with E-state index in [-0.39, 0.29) is 5.91 Å². The molecule has 3 aromatic rings. The number of nitrogens with zero attached hydrogens (tertiary/aromatic N) is 3. The fraction of sp³-hybridized carbons (Fsp3) is 0.294. The number of fused-ring (bicyclic) bond motifs is 2. The first kappa shape index (κ1) is 15.0. The van der Waals surface area contributed by atoms with Gasteiger partial charge in [-0.05, 0) is 56.0 Å². The Bertz CT molecular complexity index is 922. The Morgan fingerprint density at radius 2 is 2.21 bits per heavy atom. The van der Waals surface area contributed by atoms with E-state index in [1.165, 1.54) is 11.3 Å². The molecular weight excluding hydrogens is 324 g/mol. The summed E-state index contributed by atoms with van der Waals surface area (Å²) in [5, 5.41) is 11.5. The zero-order valence-electron chi connectivity index (χ0n) is 13.2. The van der Waals surface area contributed by atoms with Crippen molar-refractivity contribution in [3.63, 3.8) is 0 Å². The van der Waals surface area contributed by atoms with Gasteiger partial charge in [-0.2, -0.15) is 5.10 Å². The van der Waals surface area contributed by atoms with Crippen molar-refractivity contribution in [1.29, 1.82) is 0 Å². The van der Waals surface area contributed by atoms with Crippen molar-refractivity contribution in [2.75, 3.05) is 11.9 Å². The summed E-state index contributed by atoms with van der Waals surface area (Å²) in [5.41, 5.74) is 3.31. The fourth-order valence-corrected chi connectivity index (χ4v) is 3.71. The predicted molar refractivity (Wildman–Crippen MR) is 92.8 cm³/mol. The van der Waals surface area contributed by atoms with Gasteiger partial charge in [-0.1, -0.05) is 11.3 Å². The van der Waals surface area contributed by atoms with Crippen LogP contribution in [0, 0.1) is 0 Å². The Morgan fingerprint density at radius 3 is 3.08 bits per heavy atom. The number of hydrogen-bond acceptors (Lipinski definition) is 6. The van der Waals surface area contributed by atoms with Crippen LogP contribution in [0.1, 0.15) is 35.1 Å². The molecule has 6 nitrogen and oxygen atoms in total. The number of nitrogens with one attached hydrogen (secondary N) is 1. The van der Waals surface area contributed by atoms with E-state index in [1.807, 2.05) is 31.2 Å². The molecule has 1 aromatic carbocycles. The molecule has 0 spiro atoms. The van der Waals surface area contributed by atoms with E-state index < -0.39 is 0 Å². The van der Waals surface area contributed by atoms with E-state index in [1.54, 1.807) is 0 Å². The normalized spacial score (nSPS) is 13.0. The fourth-order valence-electron chi connectivity index (χ4n) is 2.82. The van der Waals surface area contributed by atoms with Crippen LogP contribution in [0.5, 0.6) is 5.75 Å². The Hall–Kier alpha value is -2.54. The molecule has 0 atom stereocenters. The average molecular weight is 340 g/mol. The molecule has 0 unspecified atom stereocenters. The molecule has 122 valence electrons. The number of hydrogen-bond donors (Lipinski definition) is 1. The van der Waals surface area contributed by atoms with Crippen molar-refractivity contribution in [2.24, 2.45) is 0 Å². The van der Waals surface area contributed by atoms with Gasteiger partial charge >= 0.3 is 0 Å². The summed E-state index contributed by atoms with van der Waals surface area (Å²) >= 11 is 1.41. The molecule has 0 radical (unpaired) electrons. The lowest BCUT2D eigenvalue weighted by Gasteiger charge is -2.02. The molecule has 0 fully saturated rings. The summed E-state index contributed by atoms with van der Waals surface area (Å²) in [4.78, 5) is 16.8. The van der Waals surface area contributed by atoms with Crippen LogP contribution in [0.2, 0.25) is 0 Å². The largest absolute Gasteiger partial charge is 0.494 e. The lowest BCUT2D eigenvalue weighted by atomic mass is 10.2. The Morgan fingerprint density at radius 1 is 1.29 bits per heavy atom. The first-order valence-corrected chi connectivity index (χ1v) is 8.75. The van der Waals surface area contributed by atoms with Crippen LogP contribution in [-0.2, 0) is 12.8 Å². The number of carbonyl (C=O) groups is 1. The van der Waals surface area contributed by atoms with Crippen molar-refractivity contribution < 1.29 is 9.53 Å². The van der Waals surface area contributed by atoms with E-state index in [2.05, 4.69) is 20.5 Å². The zero-order valence-corrected chi connectivity index (χ0v) is 14.0. The Kier molecular flexibility index (Phi) is 3.86. The van der Waals surface area contributed by atoms with Gasteiger partial charge in [-0.15, -0.1) is 5.10 Å². The molecule has 1 aliphatic rings. The van der Waals surface area contributed by atoms with Crippen LogP contribution in [0.4, 0.5) is 5.13 Å². The van der Waals surface area contributed by atoms with Crippen molar-refractivity contribution >= 4 is 32.6 Å². The minimum atomic E-state index is -0.277. The van der Waals surface area contributed by atoms with Crippen molar-refractivity contribution in [3.8, 4) is 5.75 Å². The minimum absolute atomic E-state index is 0.277. The number of anilines is 1. The molecule has 2 heterocycles. The highest BCUT2D eigenvalue weighted by molar-refractivity contribution is 7.22. The van der Waals surface area contributed by atoms with Gasteiger partial charge in [0.05, 0.1) is 22.5 Å². The molecule has 1 amide bonds. The van der Waals surface area contributed by atoms with Crippen molar-refractivity contribution in [2.45, 2.75) is 26.2 Å². The summed E-state index contributed by atoms with van der Waals surface area (Å²) in [6.45, 7) is 2.56.